The molecule has 2 heterocycles. The van der Waals surface area contributed by atoms with E-state index in [1.165, 1.54) is 11.3 Å². The van der Waals surface area contributed by atoms with Crippen molar-refractivity contribution in [3.05, 3.63) is 70.4 Å². The Morgan fingerprint density at radius 3 is 2.91 bits per heavy atom. The maximum absolute atomic E-state index is 12.5. The second-order valence-electron chi connectivity index (χ2n) is 5.09. The number of nitrogens with one attached hydrogen (secondary N) is 1. The van der Waals surface area contributed by atoms with Crippen molar-refractivity contribution in [1.82, 2.24) is 14.9 Å². The first-order chi connectivity index (χ1) is 11.2. The van der Waals surface area contributed by atoms with Crippen LogP contribution in [-0.2, 0) is 7.05 Å². The Labute approximate surface area is 138 Å². The molecule has 1 atom stereocenters. The van der Waals surface area contributed by atoms with Gasteiger partial charge in [0.15, 0.2) is 0 Å². The summed E-state index contributed by atoms with van der Waals surface area (Å²) in [6, 6.07) is 9.10. The number of methoxy groups -OCH3 is 1. The van der Waals surface area contributed by atoms with Gasteiger partial charge in [-0.1, -0.05) is 12.1 Å². The van der Waals surface area contributed by atoms with Crippen LogP contribution in [0.2, 0.25) is 0 Å². The summed E-state index contributed by atoms with van der Waals surface area (Å²) < 4.78 is 7.19. The average Bonchev–Trinajstić information content (AvgIpc) is 3.24. The second-order valence-corrected chi connectivity index (χ2v) is 5.87. The van der Waals surface area contributed by atoms with Gasteiger partial charge in [-0.05, 0) is 29.1 Å². The molecule has 1 aromatic carbocycles. The van der Waals surface area contributed by atoms with E-state index in [2.05, 4.69) is 10.3 Å². The summed E-state index contributed by atoms with van der Waals surface area (Å²) in [5.74, 6) is 1.38. The molecule has 23 heavy (non-hydrogen) atoms. The minimum atomic E-state index is -0.350. The van der Waals surface area contributed by atoms with Crippen molar-refractivity contribution in [3.63, 3.8) is 0 Å². The predicted octanol–water partition coefficient (Wildman–Crippen LogP) is 3.01. The van der Waals surface area contributed by atoms with Gasteiger partial charge in [-0.3, -0.25) is 4.79 Å². The third kappa shape index (κ3) is 3.27. The van der Waals surface area contributed by atoms with Gasteiger partial charge in [0, 0.05) is 24.8 Å². The second kappa shape index (κ2) is 6.66. The normalized spacial score (nSPS) is 11.9. The molecule has 2 aromatic heterocycles. The summed E-state index contributed by atoms with van der Waals surface area (Å²) in [5.41, 5.74) is 1.57. The zero-order chi connectivity index (χ0) is 16.2. The number of amides is 1. The number of hydrogen-bond donors (Lipinski definition) is 1. The molecule has 0 aliphatic heterocycles. The van der Waals surface area contributed by atoms with Gasteiger partial charge in [0.05, 0.1) is 12.7 Å². The molecule has 3 aromatic rings. The van der Waals surface area contributed by atoms with E-state index >= 15 is 0 Å². The fraction of sp³-hybridized carbons (Fsp3) is 0.176. The third-order valence-electron chi connectivity index (χ3n) is 3.60. The Morgan fingerprint density at radius 1 is 1.39 bits per heavy atom. The molecule has 5 nitrogen and oxygen atoms in total. The minimum Gasteiger partial charge on any atom is -0.497 e. The molecule has 118 valence electrons. The van der Waals surface area contributed by atoms with E-state index in [1.54, 1.807) is 19.4 Å². The topological polar surface area (TPSA) is 56.1 Å². The van der Waals surface area contributed by atoms with E-state index < -0.39 is 0 Å². The maximum Gasteiger partial charge on any atom is 0.252 e. The largest absolute Gasteiger partial charge is 0.497 e. The molecule has 0 spiro atoms. The van der Waals surface area contributed by atoms with Gasteiger partial charge in [-0.2, -0.15) is 11.3 Å². The molecule has 0 unspecified atom stereocenters. The third-order valence-corrected chi connectivity index (χ3v) is 4.29. The molecule has 0 fully saturated rings. The maximum atomic E-state index is 12.5. The van der Waals surface area contributed by atoms with Gasteiger partial charge in [-0.25, -0.2) is 4.98 Å². The highest BCUT2D eigenvalue weighted by Gasteiger charge is 2.22. The Bertz CT molecular complexity index is 796. The molecule has 1 N–H and O–H groups in total. The fourth-order valence-electron chi connectivity index (χ4n) is 2.38. The van der Waals surface area contributed by atoms with Crippen molar-refractivity contribution in [2.24, 2.45) is 7.05 Å². The first-order valence-corrected chi connectivity index (χ1v) is 8.07. The van der Waals surface area contributed by atoms with Gasteiger partial charge < -0.3 is 14.6 Å². The van der Waals surface area contributed by atoms with Crippen molar-refractivity contribution >= 4 is 17.2 Å². The molecule has 6 heteroatoms. The van der Waals surface area contributed by atoms with E-state index in [1.807, 2.05) is 52.8 Å². The van der Waals surface area contributed by atoms with Gasteiger partial charge in [0.25, 0.3) is 5.91 Å². The van der Waals surface area contributed by atoms with E-state index in [-0.39, 0.29) is 11.9 Å². The Balaban J connectivity index is 1.97. The first-order valence-electron chi connectivity index (χ1n) is 7.13. The molecule has 3 rings (SSSR count). The lowest BCUT2D eigenvalue weighted by molar-refractivity contribution is 0.0941. The van der Waals surface area contributed by atoms with E-state index in [4.69, 9.17) is 4.74 Å². The van der Waals surface area contributed by atoms with Crippen LogP contribution in [0, 0.1) is 0 Å². The lowest BCUT2D eigenvalue weighted by Gasteiger charge is -2.19. The SMILES string of the molecule is COc1cccc([C@H](NC(=O)c2ccsc2)c2nccn2C)c1. The van der Waals surface area contributed by atoms with Crippen molar-refractivity contribution in [2.75, 3.05) is 7.11 Å². The Hall–Kier alpha value is -2.60. The van der Waals surface area contributed by atoms with Crippen LogP contribution in [0.5, 0.6) is 5.75 Å². The summed E-state index contributed by atoms with van der Waals surface area (Å²) in [7, 11) is 3.53. The number of hydrogen-bond acceptors (Lipinski definition) is 4. The van der Waals surface area contributed by atoms with Crippen LogP contribution in [0.4, 0.5) is 0 Å². The number of benzene rings is 1. The summed E-state index contributed by atoms with van der Waals surface area (Å²) in [5, 5.41) is 6.77. The number of nitrogens with zero attached hydrogens (tertiary/aromatic N) is 2. The highest BCUT2D eigenvalue weighted by Crippen LogP contribution is 2.24. The Morgan fingerprint density at radius 2 is 2.26 bits per heavy atom. The van der Waals surface area contributed by atoms with Crippen molar-refractivity contribution in [3.8, 4) is 5.75 Å². The van der Waals surface area contributed by atoms with Crippen LogP contribution in [0.3, 0.4) is 0 Å². The summed E-state index contributed by atoms with van der Waals surface area (Å²) in [4.78, 5) is 16.9. The highest BCUT2D eigenvalue weighted by atomic mass is 32.1. The van der Waals surface area contributed by atoms with Gasteiger partial charge in [-0.15, -0.1) is 0 Å². The highest BCUT2D eigenvalue weighted by molar-refractivity contribution is 7.08. The van der Waals surface area contributed by atoms with Crippen LogP contribution >= 0.6 is 11.3 Å². The van der Waals surface area contributed by atoms with E-state index in [0.29, 0.717) is 5.56 Å². The van der Waals surface area contributed by atoms with Crippen LogP contribution in [0.15, 0.2) is 53.5 Å². The monoisotopic (exact) mass is 327 g/mol. The lowest BCUT2D eigenvalue weighted by Crippen LogP contribution is -2.30. The molecule has 0 saturated carbocycles. The molecular weight excluding hydrogens is 310 g/mol. The van der Waals surface area contributed by atoms with Crippen LogP contribution < -0.4 is 10.1 Å². The zero-order valence-corrected chi connectivity index (χ0v) is 13.7. The summed E-state index contributed by atoms with van der Waals surface area (Å²) in [6.07, 6.45) is 3.58. The number of rotatable bonds is 5. The molecule has 0 aliphatic carbocycles. The predicted molar refractivity (Wildman–Crippen MR) is 89.8 cm³/mol. The molecule has 0 bridgehead atoms. The molecule has 0 radical (unpaired) electrons. The average molecular weight is 327 g/mol. The lowest BCUT2D eigenvalue weighted by atomic mass is 10.1. The fourth-order valence-corrected chi connectivity index (χ4v) is 3.02. The Kier molecular flexibility index (Phi) is 4.43. The standard InChI is InChI=1S/C17H17N3O2S/c1-20-8-7-18-16(20)15(12-4-3-5-14(10-12)22-2)19-17(21)13-6-9-23-11-13/h3-11,15H,1-2H3,(H,19,21)/t15-/m0/s1. The molecule has 0 aliphatic rings. The smallest absolute Gasteiger partial charge is 0.252 e. The molecule has 1 amide bonds. The summed E-state index contributed by atoms with van der Waals surface area (Å²) in [6.45, 7) is 0. The van der Waals surface area contributed by atoms with Gasteiger partial charge in [0.1, 0.15) is 17.6 Å². The summed E-state index contributed by atoms with van der Waals surface area (Å²) >= 11 is 1.50. The quantitative estimate of drug-likeness (QED) is 0.784. The van der Waals surface area contributed by atoms with Crippen LogP contribution in [-0.4, -0.2) is 22.6 Å². The van der Waals surface area contributed by atoms with E-state index in [0.717, 1.165) is 17.1 Å². The number of carbonyl (C=O) groups excluding carboxylic acids is 1. The van der Waals surface area contributed by atoms with Crippen LogP contribution in [0.1, 0.15) is 27.8 Å². The van der Waals surface area contributed by atoms with Gasteiger partial charge >= 0.3 is 0 Å². The van der Waals surface area contributed by atoms with Crippen LogP contribution in [0.25, 0.3) is 0 Å². The van der Waals surface area contributed by atoms with Gasteiger partial charge in [0.2, 0.25) is 0 Å². The number of thiophene rings is 1. The minimum absolute atomic E-state index is 0.123. The van der Waals surface area contributed by atoms with Crippen molar-refractivity contribution < 1.29 is 9.53 Å². The van der Waals surface area contributed by atoms with E-state index in [9.17, 15) is 4.79 Å². The molecular formula is C17H17N3O2S. The number of aryl methyl sites for hydroxylation is 1. The van der Waals surface area contributed by atoms with Crippen molar-refractivity contribution in [1.29, 1.82) is 0 Å². The van der Waals surface area contributed by atoms with Crippen molar-refractivity contribution in [2.45, 2.75) is 6.04 Å². The number of imidazole rings is 1. The number of carbonyl (C=O) groups is 1. The first kappa shape index (κ1) is 15.3. The number of aromatic nitrogens is 2. The number of ether oxygens (including phenoxy) is 1. The zero-order valence-electron chi connectivity index (χ0n) is 12.9. The molecule has 0 saturated heterocycles.